The van der Waals surface area contributed by atoms with Crippen molar-refractivity contribution in [3.05, 3.63) is 34.4 Å². The number of rotatable bonds is 3. The lowest BCUT2D eigenvalue weighted by Crippen LogP contribution is -2.10. The maximum atomic E-state index is 12.7. The number of hydrogen-bond acceptors (Lipinski definition) is 3. The molecule has 0 amide bonds. The summed E-state index contributed by atoms with van der Waals surface area (Å²) in [6.45, 7) is 0. The van der Waals surface area contributed by atoms with E-state index in [1.165, 1.54) is 6.07 Å². The van der Waals surface area contributed by atoms with Crippen molar-refractivity contribution < 1.29 is 18.3 Å². The van der Waals surface area contributed by atoms with Crippen molar-refractivity contribution in [2.24, 2.45) is 0 Å². The molecule has 90 valence electrons. The van der Waals surface area contributed by atoms with Gasteiger partial charge in [-0.15, -0.1) is 0 Å². The van der Waals surface area contributed by atoms with Crippen LogP contribution in [0.2, 0.25) is 0 Å². The van der Waals surface area contributed by atoms with Crippen molar-refractivity contribution in [3.8, 4) is 6.07 Å². The van der Waals surface area contributed by atoms with Gasteiger partial charge in [-0.3, -0.25) is 0 Å². The third kappa shape index (κ3) is 2.61. The number of carbonyl (C=O) groups excluding carboxylic acids is 1. The average Bonchev–Trinajstić information content (AvgIpc) is 2.35. The number of halogens is 3. The molecule has 1 aromatic carbocycles. The Hall–Kier alpha value is -1.48. The van der Waals surface area contributed by atoms with Gasteiger partial charge in [0, 0.05) is 10.9 Å². The van der Waals surface area contributed by atoms with E-state index in [-0.39, 0.29) is 11.1 Å². The van der Waals surface area contributed by atoms with E-state index in [4.69, 9.17) is 5.26 Å². The second kappa shape index (κ2) is 5.73. The van der Waals surface area contributed by atoms with E-state index in [1.807, 2.05) is 0 Å². The smallest absolute Gasteiger partial charge is 0.339 e. The summed E-state index contributed by atoms with van der Waals surface area (Å²) in [6, 6.07) is 4.28. The van der Waals surface area contributed by atoms with Crippen molar-refractivity contribution in [1.29, 1.82) is 5.26 Å². The molecule has 0 atom stereocenters. The van der Waals surface area contributed by atoms with Crippen molar-refractivity contribution in [3.63, 3.8) is 0 Å². The highest BCUT2D eigenvalue weighted by Gasteiger charge is 2.24. The van der Waals surface area contributed by atoms with Crippen LogP contribution >= 0.6 is 15.9 Å². The fourth-order valence-corrected chi connectivity index (χ4v) is 1.87. The monoisotopic (exact) mass is 303 g/mol. The minimum atomic E-state index is -2.83. The van der Waals surface area contributed by atoms with E-state index in [9.17, 15) is 13.6 Å². The van der Waals surface area contributed by atoms with Crippen LogP contribution in [0.1, 0.15) is 33.5 Å². The van der Waals surface area contributed by atoms with Gasteiger partial charge < -0.3 is 4.74 Å². The maximum Gasteiger partial charge on any atom is 0.339 e. The summed E-state index contributed by atoms with van der Waals surface area (Å²) in [5.74, 6) is -0.931. The summed E-state index contributed by atoms with van der Waals surface area (Å²) in [4.78, 5) is 11.5. The maximum absolute atomic E-state index is 12.7. The number of esters is 1. The molecule has 0 bridgehead atoms. The Morgan fingerprint density at radius 2 is 2.24 bits per heavy atom. The first-order valence-electron chi connectivity index (χ1n) is 4.55. The molecule has 1 aromatic rings. The zero-order chi connectivity index (χ0) is 13.0. The van der Waals surface area contributed by atoms with Crippen LogP contribution in [0.3, 0.4) is 0 Å². The molecule has 0 radical (unpaired) electrons. The highest BCUT2D eigenvalue weighted by Crippen LogP contribution is 2.29. The Morgan fingerprint density at radius 1 is 1.59 bits per heavy atom. The van der Waals surface area contributed by atoms with Crippen LogP contribution in [-0.4, -0.2) is 13.1 Å². The van der Waals surface area contributed by atoms with Crippen LogP contribution in [-0.2, 0) is 10.1 Å². The lowest BCUT2D eigenvalue weighted by Gasteiger charge is -2.11. The summed E-state index contributed by atoms with van der Waals surface area (Å²) in [7, 11) is 1.08. The molecule has 0 spiro atoms. The third-order valence-corrected chi connectivity index (χ3v) is 2.81. The Bertz CT molecular complexity index is 483. The van der Waals surface area contributed by atoms with Gasteiger partial charge in [0.05, 0.1) is 18.2 Å². The summed E-state index contributed by atoms with van der Waals surface area (Å²) < 4.78 is 29.9. The molecule has 0 fully saturated rings. The summed E-state index contributed by atoms with van der Waals surface area (Å²) in [5.41, 5.74) is -0.455. The molecule has 0 saturated heterocycles. The molecule has 17 heavy (non-hydrogen) atoms. The fraction of sp³-hybridized carbons (Fsp3) is 0.273. The molecule has 0 heterocycles. The van der Waals surface area contributed by atoms with E-state index < -0.39 is 18.0 Å². The normalized spacial score (nSPS) is 10.1. The Labute approximate surface area is 105 Å². The highest BCUT2D eigenvalue weighted by atomic mass is 79.9. The lowest BCUT2D eigenvalue weighted by atomic mass is 9.97. The Morgan fingerprint density at radius 3 is 2.65 bits per heavy atom. The van der Waals surface area contributed by atoms with Crippen LogP contribution in [0.5, 0.6) is 0 Å². The van der Waals surface area contributed by atoms with Gasteiger partial charge in [-0.25, -0.2) is 13.6 Å². The van der Waals surface area contributed by atoms with Gasteiger partial charge in [-0.2, -0.15) is 5.26 Å². The predicted octanol–water partition coefficient (Wildman–Crippen LogP) is 3.18. The van der Waals surface area contributed by atoms with Gasteiger partial charge in [0.25, 0.3) is 6.43 Å². The van der Waals surface area contributed by atoms with Crippen molar-refractivity contribution in [2.45, 2.75) is 11.8 Å². The van der Waals surface area contributed by atoms with Gasteiger partial charge in [0.2, 0.25) is 0 Å². The molecule has 6 heteroatoms. The quantitative estimate of drug-likeness (QED) is 0.636. The number of carbonyl (C=O) groups is 1. The SMILES string of the molecule is COC(=O)c1c(C(F)F)ccc(CBr)c1C#N. The van der Waals surface area contributed by atoms with Gasteiger partial charge in [0.15, 0.2) is 0 Å². The lowest BCUT2D eigenvalue weighted by molar-refractivity contribution is 0.0589. The fourth-order valence-electron chi connectivity index (χ4n) is 1.40. The van der Waals surface area contributed by atoms with Crippen LogP contribution in [0, 0.1) is 11.3 Å². The van der Waals surface area contributed by atoms with Crippen molar-refractivity contribution >= 4 is 21.9 Å². The molecular weight excluding hydrogens is 296 g/mol. The second-order valence-corrected chi connectivity index (χ2v) is 3.66. The second-order valence-electron chi connectivity index (χ2n) is 3.10. The number of ether oxygens (including phenoxy) is 1. The number of hydrogen-bond donors (Lipinski definition) is 0. The molecule has 3 nitrogen and oxygen atoms in total. The topological polar surface area (TPSA) is 50.1 Å². The summed E-state index contributed by atoms with van der Waals surface area (Å²) >= 11 is 3.13. The first-order valence-corrected chi connectivity index (χ1v) is 5.67. The molecule has 0 aliphatic heterocycles. The number of methoxy groups -OCH3 is 1. The van der Waals surface area contributed by atoms with Crippen LogP contribution in [0.25, 0.3) is 0 Å². The number of nitriles is 1. The molecule has 1 rings (SSSR count). The molecule has 0 aliphatic rings. The van der Waals surface area contributed by atoms with Crippen molar-refractivity contribution in [1.82, 2.24) is 0 Å². The van der Waals surface area contributed by atoms with Crippen LogP contribution in [0.15, 0.2) is 12.1 Å². The molecule has 0 aromatic heterocycles. The highest BCUT2D eigenvalue weighted by molar-refractivity contribution is 9.08. The summed E-state index contributed by atoms with van der Waals surface area (Å²) in [6.07, 6.45) is -2.83. The first-order chi connectivity index (χ1) is 8.06. The number of benzene rings is 1. The predicted molar refractivity (Wildman–Crippen MR) is 60.1 cm³/mol. The minimum Gasteiger partial charge on any atom is -0.465 e. The van der Waals surface area contributed by atoms with Gasteiger partial charge in [-0.1, -0.05) is 28.1 Å². The van der Waals surface area contributed by atoms with E-state index >= 15 is 0 Å². The van der Waals surface area contributed by atoms with Crippen LogP contribution < -0.4 is 0 Å². The van der Waals surface area contributed by atoms with E-state index in [0.29, 0.717) is 10.9 Å². The minimum absolute atomic E-state index is 0.0773. The summed E-state index contributed by atoms with van der Waals surface area (Å²) in [5, 5.41) is 9.25. The van der Waals surface area contributed by atoms with E-state index in [2.05, 4.69) is 20.7 Å². The molecule has 0 aliphatic carbocycles. The largest absolute Gasteiger partial charge is 0.465 e. The van der Waals surface area contributed by atoms with Gasteiger partial charge >= 0.3 is 5.97 Å². The zero-order valence-electron chi connectivity index (χ0n) is 8.84. The van der Waals surface area contributed by atoms with Gasteiger partial charge in [-0.05, 0) is 5.56 Å². The number of nitrogens with zero attached hydrogens (tertiary/aromatic N) is 1. The number of alkyl halides is 3. The Kier molecular flexibility index (Phi) is 4.58. The van der Waals surface area contributed by atoms with Crippen LogP contribution in [0.4, 0.5) is 8.78 Å². The zero-order valence-corrected chi connectivity index (χ0v) is 10.4. The molecule has 0 unspecified atom stereocenters. The standard InChI is InChI=1S/C11H8BrF2NO2/c1-17-11(16)9-7(10(13)14)3-2-6(4-12)8(9)5-15/h2-3,10H,4H2,1H3. The first kappa shape index (κ1) is 13.6. The van der Waals surface area contributed by atoms with E-state index in [1.54, 1.807) is 6.07 Å². The molecular formula is C11H8BrF2NO2. The molecule has 0 saturated carbocycles. The third-order valence-electron chi connectivity index (χ3n) is 2.20. The average molecular weight is 304 g/mol. The molecule has 0 N–H and O–H groups in total. The van der Waals surface area contributed by atoms with Crippen molar-refractivity contribution in [2.75, 3.05) is 7.11 Å². The Balaban J connectivity index is 3.57. The van der Waals surface area contributed by atoms with E-state index in [0.717, 1.165) is 13.2 Å². The van der Waals surface area contributed by atoms with Gasteiger partial charge in [0.1, 0.15) is 6.07 Å².